The zero-order valence-electron chi connectivity index (χ0n) is 10.1. The molecule has 0 spiro atoms. The molecule has 0 aliphatic carbocycles. The first-order valence-electron chi connectivity index (χ1n) is 5.89. The van der Waals surface area contributed by atoms with Gasteiger partial charge in [0.05, 0.1) is 5.69 Å². The predicted molar refractivity (Wildman–Crippen MR) is 75.7 cm³/mol. The number of nitrogen functional groups attached to an aromatic ring is 1. The minimum absolute atomic E-state index is 0.289. The van der Waals surface area contributed by atoms with Crippen molar-refractivity contribution in [1.82, 2.24) is 4.98 Å². The summed E-state index contributed by atoms with van der Waals surface area (Å²) in [5.74, 6) is 1.01. The first-order chi connectivity index (χ1) is 8.70. The topological polar surface area (TPSA) is 48.1 Å². The number of rotatable bonds is 2. The fourth-order valence-electron chi connectivity index (χ4n) is 2.10. The van der Waals surface area contributed by atoms with Crippen LogP contribution >= 0.6 is 11.3 Å². The van der Waals surface area contributed by atoms with Crippen molar-refractivity contribution in [1.29, 1.82) is 0 Å². The lowest BCUT2D eigenvalue weighted by atomic mass is 10.1. The van der Waals surface area contributed by atoms with E-state index in [4.69, 9.17) is 10.5 Å². The predicted octanol–water partition coefficient (Wildman–Crippen LogP) is 3.22. The molecule has 3 nitrogen and oxygen atoms in total. The smallest absolute Gasteiger partial charge is 0.180 e. The van der Waals surface area contributed by atoms with Gasteiger partial charge in [-0.3, -0.25) is 0 Å². The Kier molecular flexibility index (Phi) is 2.80. The lowest BCUT2D eigenvalue weighted by Crippen LogP contribution is -2.05. The van der Waals surface area contributed by atoms with Crippen molar-refractivity contribution in [2.45, 2.75) is 19.4 Å². The second kappa shape index (κ2) is 4.46. The third-order valence-corrected chi connectivity index (χ3v) is 3.60. The Labute approximate surface area is 110 Å². The summed E-state index contributed by atoms with van der Waals surface area (Å²) in [5.41, 5.74) is 8.94. The van der Waals surface area contributed by atoms with E-state index < -0.39 is 0 Å². The van der Waals surface area contributed by atoms with Gasteiger partial charge in [-0.15, -0.1) is 11.3 Å². The number of aromatic nitrogens is 1. The molecule has 4 heteroatoms. The van der Waals surface area contributed by atoms with Gasteiger partial charge in [-0.1, -0.05) is 12.1 Å². The lowest BCUT2D eigenvalue weighted by molar-refractivity contribution is 0.254. The summed E-state index contributed by atoms with van der Waals surface area (Å²) in [6, 6.07) is 6.27. The van der Waals surface area contributed by atoms with Gasteiger partial charge in [-0.05, 0) is 36.3 Å². The molecule has 1 unspecified atom stereocenters. The fraction of sp³-hybridized carbons (Fsp3) is 0.214. The van der Waals surface area contributed by atoms with Gasteiger partial charge in [0, 0.05) is 11.8 Å². The molecule has 2 aromatic rings. The van der Waals surface area contributed by atoms with Crippen LogP contribution < -0.4 is 10.5 Å². The van der Waals surface area contributed by atoms with Crippen LogP contribution in [0.15, 0.2) is 23.6 Å². The van der Waals surface area contributed by atoms with Gasteiger partial charge in [-0.2, -0.15) is 0 Å². The van der Waals surface area contributed by atoms with E-state index in [-0.39, 0.29) is 6.10 Å². The molecule has 1 aliphatic heterocycles. The lowest BCUT2D eigenvalue weighted by Gasteiger charge is -2.01. The van der Waals surface area contributed by atoms with Crippen molar-refractivity contribution in [2.75, 3.05) is 5.73 Å². The molecule has 2 N–H and O–H groups in total. The molecule has 18 heavy (non-hydrogen) atoms. The normalized spacial score (nSPS) is 17.9. The monoisotopic (exact) mass is 258 g/mol. The van der Waals surface area contributed by atoms with Crippen LogP contribution in [0.1, 0.15) is 23.7 Å². The Morgan fingerprint density at radius 3 is 3.11 bits per heavy atom. The van der Waals surface area contributed by atoms with E-state index in [9.17, 15) is 0 Å². The summed E-state index contributed by atoms with van der Waals surface area (Å²) in [4.78, 5) is 4.20. The Morgan fingerprint density at radius 2 is 2.33 bits per heavy atom. The number of nitrogens with two attached hydrogens (primary N) is 1. The molecule has 1 aliphatic rings. The van der Waals surface area contributed by atoms with Crippen molar-refractivity contribution < 1.29 is 4.74 Å². The highest BCUT2D eigenvalue weighted by Gasteiger charge is 2.18. The number of hydrogen-bond acceptors (Lipinski definition) is 4. The highest BCUT2D eigenvalue weighted by molar-refractivity contribution is 7.13. The molecule has 0 saturated carbocycles. The van der Waals surface area contributed by atoms with Crippen molar-refractivity contribution in [3.8, 4) is 5.75 Å². The largest absolute Gasteiger partial charge is 0.490 e. The molecule has 0 radical (unpaired) electrons. The highest BCUT2D eigenvalue weighted by atomic mass is 32.1. The first kappa shape index (κ1) is 11.3. The van der Waals surface area contributed by atoms with Crippen LogP contribution in [-0.4, -0.2) is 11.1 Å². The summed E-state index contributed by atoms with van der Waals surface area (Å²) in [6.07, 6.45) is 5.31. The molecule has 2 heterocycles. The zero-order valence-corrected chi connectivity index (χ0v) is 10.9. The summed E-state index contributed by atoms with van der Waals surface area (Å²) < 4.78 is 5.68. The minimum atomic E-state index is 0.289. The van der Waals surface area contributed by atoms with Gasteiger partial charge in [0.15, 0.2) is 5.13 Å². The number of anilines is 1. The van der Waals surface area contributed by atoms with Gasteiger partial charge < -0.3 is 10.5 Å². The summed E-state index contributed by atoms with van der Waals surface area (Å²) in [7, 11) is 0. The van der Waals surface area contributed by atoms with Gasteiger partial charge in [0.25, 0.3) is 0 Å². The highest BCUT2D eigenvalue weighted by Crippen LogP contribution is 2.29. The molecule has 92 valence electrons. The molecule has 0 fully saturated rings. The van der Waals surface area contributed by atoms with E-state index in [1.165, 1.54) is 16.9 Å². The van der Waals surface area contributed by atoms with Crippen LogP contribution in [0, 0.1) is 0 Å². The number of fused-ring (bicyclic) bond motifs is 1. The average Bonchev–Trinajstić information content (AvgIpc) is 2.90. The van der Waals surface area contributed by atoms with E-state index in [1.54, 1.807) is 0 Å². The quantitative estimate of drug-likeness (QED) is 0.899. The van der Waals surface area contributed by atoms with Crippen LogP contribution in [0.3, 0.4) is 0 Å². The molecule has 0 amide bonds. The van der Waals surface area contributed by atoms with Gasteiger partial charge in [-0.25, -0.2) is 4.98 Å². The summed E-state index contributed by atoms with van der Waals surface area (Å²) in [6.45, 7) is 2.09. The van der Waals surface area contributed by atoms with E-state index in [0.717, 1.165) is 23.4 Å². The third kappa shape index (κ3) is 2.24. The Bertz CT molecular complexity index is 604. The summed E-state index contributed by atoms with van der Waals surface area (Å²) in [5, 5.41) is 2.55. The number of thiazole rings is 1. The van der Waals surface area contributed by atoms with Crippen LogP contribution in [0.5, 0.6) is 5.75 Å². The number of benzene rings is 1. The maximum atomic E-state index is 5.68. The van der Waals surface area contributed by atoms with Gasteiger partial charge >= 0.3 is 0 Å². The van der Waals surface area contributed by atoms with E-state index in [0.29, 0.717) is 5.13 Å². The minimum Gasteiger partial charge on any atom is -0.490 e. The van der Waals surface area contributed by atoms with Crippen molar-refractivity contribution in [2.24, 2.45) is 0 Å². The standard InChI is InChI=1S/C14H14N2OS/c1-9-6-11-7-10(3-5-13(11)17-9)2-4-12-8-18-14(15)16-12/h2-5,7-9H,6H2,1H3,(H2,15,16). The molecule has 0 bridgehead atoms. The Morgan fingerprint density at radius 1 is 1.44 bits per heavy atom. The molecule has 1 aromatic heterocycles. The maximum absolute atomic E-state index is 5.68. The Balaban J connectivity index is 1.82. The first-order valence-corrected chi connectivity index (χ1v) is 6.77. The van der Waals surface area contributed by atoms with Crippen molar-refractivity contribution >= 4 is 28.6 Å². The van der Waals surface area contributed by atoms with Gasteiger partial charge in [0.1, 0.15) is 11.9 Å². The number of hydrogen-bond donors (Lipinski definition) is 1. The van der Waals surface area contributed by atoms with Crippen molar-refractivity contribution in [3.63, 3.8) is 0 Å². The van der Waals surface area contributed by atoms with Crippen LogP contribution in [-0.2, 0) is 6.42 Å². The SMILES string of the molecule is CC1Cc2cc(C=Cc3csc(N)n3)ccc2O1. The average molecular weight is 258 g/mol. The second-order valence-electron chi connectivity index (χ2n) is 4.44. The molecular weight excluding hydrogens is 244 g/mol. The van der Waals surface area contributed by atoms with E-state index >= 15 is 0 Å². The molecule has 1 atom stereocenters. The van der Waals surface area contributed by atoms with Gasteiger partial charge in [0.2, 0.25) is 0 Å². The summed E-state index contributed by atoms with van der Waals surface area (Å²) >= 11 is 1.46. The number of nitrogens with zero attached hydrogens (tertiary/aromatic N) is 1. The van der Waals surface area contributed by atoms with E-state index in [2.05, 4.69) is 30.1 Å². The zero-order chi connectivity index (χ0) is 12.5. The second-order valence-corrected chi connectivity index (χ2v) is 5.33. The fourth-order valence-corrected chi connectivity index (χ4v) is 2.64. The Hall–Kier alpha value is -1.81. The molecule has 3 rings (SSSR count). The maximum Gasteiger partial charge on any atom is 0.180 e. The number of ether oxygens (including phenoxy) is 1. The van der Waals surface area contributed by atoms with Crippen molar-refractivity contribution in [3.05, 3.63) is 40.4 Å². The van der Waals surface area contributed by atoms with Crippen LogP contribution in [0.4, 0.5) is 5.13 Å². The molecule has 0 saturated heterocycles. The molecular formula is C14H14N2OS. The van der Waals surface area contributed by atoms with Crippen LogP contribution in [0.2, 0.25) is 0 Å². The van der Waals surface area contributed by atoms with Crippen LogP contribution in [0.25, 0.3) is 12.2 Å². The third-order valence-electron chi connectivity index (χ3n) is 2.91. The molecule has 1 aromatic carbocycles. The van der Waals surface area contributed by atoms with E-state index in [1.807, 2.05) is 17.5 Å².